The van der Waals surface area contributed by atoms with Gasteiger partial charge in [0.2, 0.25) is 5.13 Å². The van der Waals surface area contributed by atoms with E-state index in [0.29, 0.717) is 6.54 Å². The molecule has 3 aromatic rings. The Morgan fingerprint density at radius 1 is 1.17 bits per heavy atom. The second-order valence-corrected chi connectivity index (χ2v) is 11.9. The van der Waals surface area contributed by atoms with Gasteiger partial charge in [0, 0.05) is 24.1 Å². The van der Waals surface area contributed by atoms with Crippen LogP contribution in [0.4, 0.5) is 24.1 Å². The number of benzene rings is 1. The summed E-state index contributed by atoms with van der Waals surface area (Å²) in [6.07, 6.45) is -1.12. The lowest BCUT2D eigenvalue weighted by Gasteiger charge is -2.43. The average molecular weight is 546 g/mol. The molecule has 2 aromatic heterocycles. The van der Waals surface area contributed by atoms with Crippen LogP contribution >= 0.6 is 22.9 Å². The van der Waals surface area contributed by atoms with Crippen molar-refractivity contribution in [1.82, 2.24) is 15.2 Å². The van der Waals surface area contributed by atoms with Crippen LogP contribution in [0.1, 0.15) is 55.2 Å². The lowest BCUT2D eigenvalue weighted by molar-refractivity contribution is -0.137. The number of pyridine rings is 1. The molecule has 2 N–H and O–H groups in total. The molecule has 0 unspecified atom stereocenters. The minimum absolute atomic E-state index is 0.0948. The summed E-state index contributed by atoms with van der Waals surface area (Å²) in [7, 11) is -3.83. The van der Waals surface area contributed by atoms with Crippen molar-refractivity contribution >= 4 is 43.9 Å². The van der Waals surface area contributed by atoms with Crippen molar-refractivity contribution in [3.05, 3.63) is 57.7 Å². The number of halogens is 4. The van der Waals surface area contributed by atoms with Crippen molar-refractivity contribution in [1.29, 1.82) is 0 Å². The Labute approximate surface area is 210 Å². The molecule has 0 radical (unpaired) electrons. The first kappa shape index (κ1) is 25.6. The van der Waals surface area contributed by atoms with Crippen LogP contribution in [0.25, 0.3) is 0 Å². The average Bonchev–Trinajstić information content (AvgIpc) is 3.22. The Bertz CT molecular complexity index is 1310. The van der Waals surface area contributed by atoms with Gasteiger partial charge in [0.05, 0.1) is 15.5 Å². The zero-order chi connectivity index (χ0) is 25.4. The van der Waals surface area contributed by atoms with Gasteiger partial charge in [0.1, 0.15) is 10.8 Å². The van der Waals surface area contributed by atoms with E-state index in [9.17, 15) is 21.6 Å². The molecule has 0 saturated heterocycles. The first-order valence-electron chi connectivity index (χ1n) is 10.8. The Kier molecular flexibility index (Phi) is 7.00. The van der Waals surface area contributed by atoms with E-state index in [2.05, 4.69) is 25.2 Å². The van der Waals surface area contributed by atoms with Gasteiger partial charge in [-0.3, -0.25) is 4.72 Å². The number of hydrogen-bond acceptors (Lipinski definition) is 7. The van der Waals surface area contributed by atoms with E-state index in [-0.39, 0.29) is 32.2 Å². The number of nitrogens with zero attached hydrogens (tertiary/aromatic N) is 3. The van der Waals surface area contributed by atoms with Crippen molar-refractivity contribution in [2.75, 3.05) is 16.6 Å². The van der Waals surface area contributed by atoms with Crippen molar-refractivity contribution < 1.29 is 21.6 Å². The summed E-state index contributed by atoms with van der Waals surface area (Å²) >= 11 is 7.21. The summed E-state index contributed by atoms with van der Waals surface area (Å²) in [6.45, 7) is 4.30. The number of nitrogens with one attached hydrogen (secondary N) is 2. The molecule has 4 rings (SSSR count). The summed E-state index contributed by atoms with van der Waals surface area (Å²) in [5.74, 6) is 0.317. The highest BCUT2D eigenvalue weighted by molar-refractivity contribution is 7.93. The molecule has 35 heavy (non-hydrogen) atoms. The predicted octanol–water partition coefficient (Wildman–Crippen LogP) is 6.06. The fourth-order valence-electron chi connectivity index (χ4n) is 3.82. The van der Waals surface area contributed by atoms with Gasteiger partial charge >= 0.3 is 6.18 Å². The van der Waals surface area contributed by atoms with Gasteiger partial charge in [-0.15, -0.1) is 10.2 Å². The normalized spacial score (nSPS) is 15.6. The fraction of sp³-hybridized carbons (Fsp3) is 0.409. The fourth-order valence-corrected chi connectivity index (χ4v) is 6.03. The maximum absolute atomic E-state index is 12.9. The minimum Gasteiger partial charge on any atom is -0.368 e. The molecular formula is C22H23ClF3N5O2S2. The second kappa shape index (κ2) is 9.55. The SMILES string of the molecule is CC(C)c1nnc(NS(=O)(=O)c2ccc(C3(CNc4ncc(C(F)(F)F)cc4Cl)CCC3)cc2)s1. The van der Waals surface area contributed by atoms with Crippen LogP contribution in [0.15, 0.2) is 41.4 Å². The number of rotatable bonds is 8. The van der Waals surface area contributed by atoms with Gasteiger partial charge in [-0.2, -0.15) is 13.2 Å². The molecule has 1 saturated carbocycles. The highest BCUT2D eigenvalue weighted by atomic mass is 35.5. The van der Waals surface area contributed by atoms with Crippen LogP contribution in [0.2, 0.25) is 5.02 Å². The molecule has 0 spiro atoms. The molecule has 188 valence electrons. The predicted molar refractivity (Wildman–Crippen MR) is 130 cm³/mol. The maximum atomic E-state index is 12.9. The van der Waals surface area contributed by atoms with E-state index in [4.69, 9.17) is 11.6 Å². The zero-order valence-corrected chi connectivity index (χ0v) is 21.2. The minimum atomic E-state index is -4.52. The third-order valence-corrected chi connectivity index (χ3v) is 8.92. The Morgan fingerprint density at radius 3 is 2.37 bits per heavy atom. The Morgan fingerprint density at radius 2 is 1.86 bits per heavy atom. The third kappa shape index (κ3) is 5.54. The first-order chi connectivity index (χ1) is 16.4. The Balaban J connectivity index is 1.47. The molecule has 1 fully saturated rings. The Hall–Kier alpha value is -2.44. The van der Waals surface area contributed by atoms with E-state index in [1.54, 1.807) is 12.1 Å². The number of alkyl halides is 3. The number of aromatic nitrogens is 3. The van der Waals surface area contributed by atoms with E-state index in [1.165, 1.54) is 23.5 Å². The van der Waals surface area contributed by atoms with Gasteiger partial charge in [0.15, 0.2) is 0 Å². The van der Waals surface area contributed by atoms with Crippen LogP contribution in [-0.4, -0.2) is 30.1 Å². The monoisotopic (exact) mass is 545 g/mol. The quantitative estimate of drug-likeness (QED) is 0.357. The van der Waals surface area contributed by atoms with E-state index in [0.717, 1.165) is 42.1 Å². The zero-order valence-electron chi connectivity index (χ0n) is 18.9. The van der Waals surface area contributed by atoms with Crippen LogP contribution < -0.4 is 10.0 Å². The molecular weight excluding hydrogens is 523 g/mol. The maximum Gasteiger partial charge on any atom is 0.417 e. The van der Waals surface area contributed by atoms with Gasteiger partial charge < -0.3 is 5.32 Å². The lowest BCUT2D eigenvalue weighted by atomic mass is 9.64. The molecule has 1 aliphatic carbocycles. The van der Waals surface area contributed by atoms with Crippen molar-refractivity contribution in [3.63, 3.8) is 0 Å². The molecule has 0 amide bonds. The summed E-state index contributed by atoms with van der Waals surface area (Å²) in [5, 5.41) is 11.8. The van der Waals surface area contributed by atoms with Gasteiger partial charge in [-0.25, -0.2) is 13.4 Å². The summed E-state index contributed by atoms with van der Waals surface area (Å²) in [5.41, 5.74) is -0.281. The standard InChI is InChI=1S/C22H23ClF3N5O2S2/c1-13(2)19-29-30-20(34-19)31-35(32,33)16-6-4-14(5-7-16)21(8-3-9-21)12-28-18-17(23)10-15(11-27-18)22(24,25)26/h4-7,10-11,13H,3,8-9,12H2,1-2H3,(H,27,28)(H,30,31). The number of anilines is 2. The van der Waals surface area contributed by atoms with Gasteiger partial charge in [-0.1, -0.05) is 55.3 Å². The molecule has 7 nitrogen and oxygen atoms in total. The summed E-state index contributed by atoms with van der Waals surface area (Å²) in [6, 6.07) is 7.43. The smallest absolute Gasteiger partial charge is 0.368 e. The van der Waals surface area contributed by atoms with Crippen LogP contribution in [0.5, 0.6) is 0 Å². The van der Waals surface area contributed by atoms with Gasteiger partial charge in [-0.05, 0) is 36.6 Å². The van der Waals surface area contributed by atoms with Gasteiger partial charge in [0.25, 0.3) is 10.0 Å². The topological polar surface area (TPSA) is 96.9 Å². The van der Waals surface area contributed by atoms with Crippen LogP contribution in [0.3, 0.4) is 0 Å². The van der Waals surface area contributed by atoms with E-state index >= 15 is 0 Å². The second-order valence-electron chi connectivity index (χ2n) is 8.77. The molecule has 13 heteroatoms. The van der Waals surface area contributed by atoms with Crippen LogP contribution in [0, 0.1) is 0 Å². The van der Waals surface area contributed by atoms with Crippen LogP contribution in [-0.2, 0) is 21.6 Å². The number of hydrogen-bond donors (Lipinski definition) is 2. The summed E-state index contributed by atoms with van der Waals surface area (Å²) < 4.78 is 66.6. The number of sulfonamides is 1. The van der Waals surface area contributed by atoms with Crippen molar-refractivity contribution in [2.24, 2.45) is 0 Å². The van der Waals surface area contributed by atoms with Crippen molar-refractivity contribution in [3.8, 4) is 0 Å². The van der Waals surface area contributed by atoms with E-state index < -0.39 is 21.8 Å². The molecule has 1 aliphatic rings. The molecule has 0 bridgehead atoms. The van der Waals surface area contributed by atoms with Crippen molar-refractivity contribution in [2.45, 2.75) is 55.5 Å². The molecule has 0 atom stereocenters. The molecule has 2 heterocycles. The summed E-state index contributed by atoms with van der Waals surface area (Å²) in [4.78, 5) is 3.93. The first-order valence-corrected chi connectivity index (χ1v) is 13.5. The largest absolute Gasteiger partial charge is 0.417 e. The molecule has 1 aromatic carbocycles. The highest BCUT2D eigenvalue weighted by Gasteiger charge is 2.39. The highest BCUT2D eigenvalue weighted by Crippen LogP contribution is 2.44. The van der Waals surface area contributed by atoms with E-state index in [1.807, 2.05) is 13.8 Å². The lowest BCUT2D eigenvalue weighted by Crippen LogP contribution is -2.41. The molecule has 0 aliphatic heterocycles. The third-order valence-electron chi connectivity index (χ3n) is 6.01.